The Labute approximate surface area is 99.2 Å². The molecule has 2 rings (SSSR count). The highest BCUT2D eigenvalue weighted by Crippen LogP contribution is 2.27. The molecule has 0 bridgehead atoms. The number of aromatic nitrogens is 1. The lowest BCUT2D eigenvalue weighted by Crippen LogP contribution is -2.43. The molecule has 1 aromatic rings. The number of hydrogen-bond acceptors (Lipinski definition) is 3. The van der Waals surface area contributed by atoms with Crippen LogP contribution in [0.4, 0.5) is 5.82 Å². The summed E-state index contributed by atoms with van der Waals surface area (Å²) >= 11 is 11.9. The average Bonchev–Trinajstić information content (AvgIpc) is 2.17. The minimum Gasteiger partial charge on any atom is -0.354 e. The minimum atomic E-state index is 0.215. The van der Waals surface area contributed by atoms with E-state index in [0.29, 0.717) is 10.0 Å². The van der Waals surface area contributed by atoms with Crippen LogP contribution >= 0.6 is 23.2 Å². The maximum absolute atomic E-state index is 6.08. The van der Waals surface area contributed by atoms with Crippen LogP contribution < -0.4 is 10.6 Å². The number of halogens is 2. The molecule has 15 heavy (non-hydrogen) atoms. The highest BCUT2D eigenvalue weighted by atomic mass is 35.5. The second-order valence-corrected chi connectivity index (χ2v) is 4.65. The molecule has 0 spiro atoms. The van der Waals surface area contributed by atoms with Crippen molar-refractivity contribution < 1.29 is 0 Å². The molecular weight excluding hydrogens is 233 g/mol. The Hall–Kier alpha value is -0.510. The lowest BCUT2D eigenvalue weighted by atomic mass is 10.1. The number of rotatable bonds is 1. The molecule has 82 valence electrons. The molecule has 0 unspecified atom stereocenters. The van der Waals surface area contributed by atoms with Crippen molar-refractivity contribution in [2.75, 3.05) is 18.0 Å². The molecule has 1 aliphatic rings. The van der Waals surface area contributed by atoms with E-state index in [4.69, 9.17) is 28.9 Å². The average molecular weight is 246 g/mol. The number of pyridine rings is 1. The molecule has 1 fully saturated rings. The van der Waals surface area contributed by atoms with Gasteiger partial charge in [-0.15, -0.1) is 0 Å². The molecule has 1 aliphatic heterocycles. The van der Waals surface area contributed by atoms with Crippen molar-refractivity contribution in [3.63, 3.8) is 0 Å². The molecule has 5 heteroatoms. The Morgan fingerprint density at radius 2 is 2.27 bits per heavy atom. The van der Waals surface area contributed by atoms with Crippen molar-refractivity contribution in [3.05, 3.63) is 22.3 Å². The minimum absolute atomic E-state index is 0.215. The first-order valence-corrected chi connectivity index (χ1v) is 5.74. The predicted octanol–water partition coefficient (Wildman–Crippen LogP) is 2.32. The molecule has 2 N–H and O–H groups in total. The van der Waals surface area contributed by atoms with Gasteiger partial charge in [-0.3, -0.25) is 0 Å². The molecule has 0 amide bonds. The number of nitrogens with zero attached hydrogens (tertiary/aromatic N) is 2. The molecule has 0 aromatic carbocycles. The monoisotopic (exact) mass is 245 g/mol. The Balaban J connectivity index is 2.21. The van der Waals surface area contributed by atoms with Crippen LogP contribution in [0.5, 0.6) is 0 Å². The van der Waals surface area contributed by atoms with E-state index in [1.54, 1.807) is 12.3 Å². The molecular formula is C10H13Cl2N3. The zero-order valence-corrected chi connectivity index (χ0v) is 9.80. The van der Waals surface area contributed by atoms with E-state index in [-0.39, 0.29) is 6.04 Å². The Morgan fingerprint density at radius 1 is 1.47 bits per heavy atom. The highest BCUT2D eigenvalue weighted by Gasteiger charge is 2.19. The quantitative estimate of drug-likeness (QED) is 0.826. The fraction of sp³-hybridized carbons (Fsp3) is 0.500. The smallest absolute Gasteiger partial charge is 0.147 e. The third kappa shape index (κ3) is 2.54. The zero-order valence-electron chi connectivity index (χ0n) is 8.29. The lowest BCUT2D eigenvalue weighted by molar-refractivity contribution is 0.503. The van der Waals surface area contributed by atoms with E-state index >= 15 is 0 Å². The van der Waals surface area contributed by atoms with Gasteiger partial charge in [-0.1, -0.05) is 23.2 Å². The van der Waals surface area contributed by atoms with Crippen LogP contribution in [-0.4, -0.2) is 24.1 Å². The van der Waals surface area contributed by atoms with E-state index in [1.807, 2.05) is 0 Å². The first-order valence-electron chi connectivity index (χ1n) is 4.98. The summed E-state index contributed by atoms with van der Waals surface area (Å²) in [6, 6.07) is 1.93. The molecule has 0 radical (unpaired) electrons. The summed E-state index contributed by atoms with van der Waals surface area (Å²) < 4.78 is 0. The van der Waals surface area contributed by atoms with Crippen LogP contribution in [0, 0.1) is 0 Å². The zero-order chi connectivity index (χ0) is 10.8. The van der Waals surface area contributed by atoms with Gasteiger partial charge in [-0.25, -0.2) is 4.98 Å². The van der Waals surface area contributed by atoms with E-state index < -0.39 is 0 Å². The van der Waals surface area contributed by atoms with E-state index in [0.717, 1.165) is 31.7 Å². The van der Waals surface area contributed by atoms with Gasteiger partial charge < -0.3 is 10.6 Å². The molecule has 1 aromatic heterocycles. The van der Waals surface area contributed by atoms with Gasteiger partial charge in [0.25, 0.3) is 0 Å². The summed E-state index contributed by atoms with van der Waals surface area (Å²) in [5.74, 6) is 0.788. The van der Waals surface area contributed by atoms with Crippen molar-refractivity contribution in [2.24, 2.45) is 5.73 Å². The van der Waals surface area contributed by atoms with Crippen LogP contribution in [0.25, 0.3) is 0 Å². The van der Waals surface area contributed by atoms with Crippen LogP contribution in [0.2, 0.25) is 10.0 Å². The number of nitrogens with two attached hydrogens (primary N) is 1. The van der Waals surface area contributed by atoms with Gasteiger partial charge in [0.15, 0.2) is 0 Å². The van der Waals surface area contributed by atoms with Gasteiger partial charge >= 0.3 is 0 Å². The summed E-state index contributed by atoms with van der Waals surface area (Å²) in [7, 11) is 0. The van der Waals surface area contributed by atoms with Crippen LogP contribution in [-0.2, 0) is 0 Å². The number of anilines is 1. The largest absolute Gasteiger partial charge is 0.354 e. The first kappa shape index (κ1) is 11.0. The fourth-order valence-electron chi connectivity index (χ4n) is 1.84. The van der Waals surface area contributed by atoms with Gasteiger partial charge in [-0.2, -0.15) is 0 Å². The fourth-order valence-corrected chi connectivity index (χ4v) is 2.34. The number of piperidine rings is 1. The molecule has 0 aliphatic carbocycles. The van der Waals surface area contributed by atoms with E-state index in [9.17, 15) is 0 Å². The maximum Gasteiger partial charge on any atom is 0.147 e. The molecule has 1 saturated heterocycles. The summed E-state index contributed by atoms with van der Waals surface area (Å²) in [5.41, 5.74) is 5.90. The van der Waals surface area contributed by atoms with Crippen molar-refractivity contribution >= 4 is 29.0 Å². The summed E-state index contributed by atoms with van der Waals surface area (Å²) in [4.78, 5) is 6.36. The maximum atomic E-state index is 6.08. The molecule has 2 heterocycles. The standard InChI is InChI=1S/C10H13Cl2N3/c11-7-4-9(12)10(14-5-7)15-3-1-2-8(13)6-15/h4-5,8H,1-3,6,13H2/t8-/m1/s1. The molecule has 3 nitrogen and oxygen atoms in total. The second kappa shape index (κ2) is 4.56. The first-order chi connectivity index (χ1) is 7.16. The van der Waals surface area contributed by atoms with Gasteiger partial charge in [0.2, 0.25) is 0 Å². The summed E-state index contributed by atoms with van der Waals surface area (Å²) in [5, 5.41) is 1.15. The highest BCUT2D eigenvalue weighted by molar-refractivity contribution is 6.36. The van der Waals surface area contributed by atoms with Gasteiger partial charge in [0, 0.05) is 25.3 Å². The Morgan fingerprint density at radius 3 is 2.93 bits per heavy atom. The van der Waals surface area contributed by atoms with Crippen LogP contribution in [0.3, 0.4) is 0 Å². The van der Waals surface area contributed by atoms with E-state index in [1.165, 1.54) is 0 Å². The Kier molecular flexibility index (Phi) is 3.34. The third-order valence-electron chi connectivity index (χ3n) is 2.55. The van der Waals surface area contributed by atoms with Crippen molar-refractivity contribution in [3.8, 4) is 0 Å². The normalized spacial score (nSPS) is 21.8. The molecule has 0 saturated carbocycles. The predicted molar refractivity (Wildman–Crippen MR) is 63.7 cm³/mol. The topological polar surface area (TPSA) is 42.1 Å². The number of hydrogen-bond donors (Lipinski definition) is 1. The van der Waals surface area contributed by atoms with Crippen molar-refractivity contribution in [2.45, 2.75) is 18.9 Å². The van der Waals surface area contributed by atoms with Gasteiger partial charge in [0.1, 0.15) is 5.82 Å². The van der Waals surface area contributed by atoms with Crippen molar-refractivity contribution in [1.29, 1.82) is 0 Å². The van der Waals surface area contributed by atoms with Gasteiger partial charge in [-0.05, 0) is 18.9 Å². The third-order valence-corrected chi connectivity index (χ3v) is 3.03. The van der Waals surface area contributed by atoms with Gasteiger partial charge in [0.05, 0.1) is 10.0 Å². The van der Waals surface area contributed by atoms with Crippen LogP contribution in [0.1, 0.15) is 12.8 Å². The second-order valence-electron chi connectivity index (χ2n) is 3.81. The summed E-state index contributed by atoms with van der Waals surface area (Å²) in [6.07, 6.45) is 3.77. The Bertz CT molecular complexity index is 357. The molecule has 1 atom stereocenters. The van der Waals surface area contributed by atoms with Crippen molar-refractivity contribution in [1.82, 2.24) is 4.98 Å². The van der Waals surface area contributed by atoms with Crippen LogP contribution in [0.15, 0.2) is 12.3 Å². The SMILES string of the molecule is N[C@@H]1CCCN(c2ncc(Cl)cc2Cl)C1. The summed E-state index contributed by atoms with van der Waals surface area (Å²) in [6.45, 7) is 1.77. The van der Waals surface area contributed by atoms with E-state index in [2.05, 4.69) is 9.88 Å². The lowest BCUT2D eigenvalue weighted by Gasteiger charge is -2.32.